The molecule has 0 spiro atoms. The van der Waals surface area contributed by atoms with Crippen LogP contribution in [0, 0.1) is 5.92 Å². The minimum atomic E-state index is -1.31. The number of amides is 2. The van der Waals surface area contributed by atoms with Gasteiger partial charge in [-0.3, -0.25) is 4.79 Å². The van der Waals surface area contributed by atoms with E-state index in [4.69, 9.17) is 9.47 Å². The molecule has 122 valence electrons. The topological polar surface area (TPSA) is 76.1 Å². The summed E-state index contributed by atoms with van der Waals surface area (Å²) in [7, 11) is 0. The van der Waals surface area contributed by atoms with E-state index >= 15 is 0 Å². The van der Waals surface area contributed by atoms with Gasteiger partial charge in [0.05, 0.1) is 18.9 Å². The molecule has 0 fully saturated rings. The van der Waals surface area contributed by atoms with Gasteiger partial charge in [-0.1, -0.05) is 13.8 Å². The van der Waals surface area contributed by atoms with Gasteiger partial charge in [-0.25, -0.2) is 9.69 Å². The second-order valence-corrected chi connectivity index (χ2v) is 5.11. The number of hydrogen-bond acceptors (Lipinski definition) is 4. The lowest BCUT2D eigenvalue weighted by Crippen LogP contribution is -2.36. The minimum Gasteiger partial charge on any atom is -0.490 e. The zero-order chi connectivity index (χ0) is 16.7. The normalized spacial score (nSPS) is 10.4. The van der Waals surface area contributed by atoms with Crippen molar-refractivity contribution < 1.29 is 24.2 Å². The van der Waals surface area contributed by atoms with Gasteiger partial charge in [-0.2, -0.15) is 0 Å². The van der Waals surface area contributed by atoms with E-state index in [0.717, 1.165) is 4.90 Å². The maximum Gasteiger partial charge on any atom is 0.418 e. The summed E-state index contributed by atoms with van der Waals surface area (Å²) in [6, 6.07) is 4.67. The largest absolute Gasteiger partial charge is 0.490 e. The fourth-order valence-corrected chi connectivity index (χ4v) is 1.98. The monoisotopic (exact) mass is 309 g/mol. The molecule has 0 radical (unpaired) electrons. The van der Waals surface area contributed by atoms with Crippen LogP contribution in [0.1, 0.15) is 34.1 Å². The first kappa shape index (κ1) is 17.8. The summed E-state index contributed by atoms with van der Waals surface area (Å²) in [6.07, 6.45) is -1.15. The number of carboxylic acid groups (broad SMARTS) is 1. The highest BCUT2D eigenvalue weighted by Crippen LogP contribution is 2.32. The summed E-state index contributed by atoms with van der Waals surface area (Å²) in [6.45, 7) is 8.27. The van der Waals surface area contributed by atoms with E-state index in [9.17, 15) is 14.7 Å². The third-order valence-electron chi connectivity index (χ3n) is 2.81. The van der Waals surface area contributed by atoms with Crippen LogP contribution >= 0.6 is 0 Å². The fourth-order valence-electron chi connectivity index (χ4n) is 1.98. The van der Waals surface area contributed by atoms with E-state index < -0.39 is 12.0 Å². The molecule has 0 unspecified atom stereocenters. The van der Waals surface area contributed by atoms with E-state index in [1.165, 1.54) is 6.07 Å². The lowest BCUT2D eigenvalue weighted by atomic mass is 10.1. The van der Waals surface area contributed by atoms with Crippen molar-refractivity contribution in [2.75, 3.05) is 18.1 Å². The van der Waals surface area contributed by atoms with E-state index in [-0.39, 0.29) is 18.0 Å². The van der Waals surface area contributed by atoms with Gasteiger partial charge in [-0.15, -0.1) is 0 Å². The molecule has 6 heteroatoms. The van der Waals surface area contributed by atoms with Crippen LogP contribution < -0.4 is 14.4 Å². The molecule has 0 saturated heterocycles. The number of rotatable bonds is 7. The molecule has 2 amide bonds. The number of ether oxygens (including phenoxy) is 2. The summed E-state index contributed by atoms with van der Waals surface area (Å²) in [5.74, 6) is 0.553. The predicted octanol–water partition coefficient (Wildman–Crippen LogP) is 3.54. The Morgan fingerprint density at radius 2 is 1.73 bits per heavy atom. The third kappa shape index (κ3) is 4.65. The highest BCUT2D eigenvalue weighted by molar-refractivity contribution is 6.11. The molecule has 6 nitrogen and oxygen atoms in total. The van der Waals surface area contributed by atoms with Gasteiger partial charge in [0.15, 0.2) is 11.5 Å². The molecule has 22 heavy (non-hydrogen) atoms. The summed E-state index contributed by atoms with van der Waals surface area (Å²) in [5, 5.41) is 9.34. The van der Waals surface area contributed by atoms with Gasteiger partial charge in [0.2, 0.25) is 5.91 Å². The maximum absolute atomic E-state index is 12.1. The number of carbonyl (C=O) groups is 2. The van der Waals surface area contributed by atoms with Crippen LogP contribution in [-0.2, 0) is 4.79 Å². The second kappa shape index (κ2) is 8.26. The van der Waals surface area contributed by atoms with Crippen LogP contribution in [0.15, 0.2) is 18.2 Å². The Morgan fingerprint density at radius 1 is 1.14 bits per heavy atom. The van der Waals surface area contributed by atoms with Gasteiger partial charge in [0, 0.05) is 12.5 Å². The predicted molar refractivity (Wildman–Crippen MR) is 83.7 cm³/mol. The standard InChI is InChI=1S/C16H23NO5/c1-5-21-13-8-7-12(10-14(13)22-6-2)17(16(19)20)15(18)9-11(3)4/h7-8,10-11H,5-6,9H2,1-4H3,(H,19,20). The molecule has 0 atom stereocenters. The molecular weight excluding hydrogens is 286 g/mol. The molecule has 1 aromatic carbocycles. The molecule has 0 aromatic heterocycles. The highest BCUT2D eigenvalue weighted by atomic mass is 16.5. The van der Waals surface area contributed by atoms with Crippen LogP contribution in [0.5, 0.6) is 11.5 Å². The maximum atomic E-state index is 12.1. The van der Waals surface area contributed by atoms with Gasteiger partial charge in [-0.05, 0) is 31.9 Å². The number of carbonyl (C=O) groups excluding carboxylic acids is 1. The average Bonchev–Trinajstić information content (AvgIpc) is 2.41. The van der Waals surface area contributed by atoms with E-state index in [0.29, 0.717) is 24.7 Å². The smallest absolute Gasteiger partial charge is 0.418 e. The first-order valence-electron chi connectivity index (χ1n) is 7.36. The summed E-state index contributed by atoms with van der Waals surface area (Å²) >= 11 is 0. The summed E-state index contributed by atoms with van der Waals surface area (Å²) in [5.41, 5.74) is 0.255. The van der Waals surface area contributed by atoms with Crippen molar-refractivity contribution in [1.82, 2.24) is 0 Å². The van der Waals surface area contributed by atoms with Crippen LogP contribution in [-0.4, -0.2) is 30.3 Å². The Kier molecular flexibility index (Phi) is 6.69. The Balaban J connectivity index is 3.17. The van der Waals surface area contributed by atoms with Crippen molar-refractivity contribution in [2.45, 2.75) is 34.1 Å². The fraction of sp³-hybridized carbons (Fsp3) is 0.500. The molecule has 1 rings (SSSR count). The first-order chi connectivity index (χ1) is 10.4. The van der Waals surface area contributed by atoms with Gasteiger partial charge in [0.25, 0.3) is 0 Å². The van der Waals surface area contributed by atoms with Crippen LogP contribution in [0.25, 0.3) is 0 Å². The molecule has 0 bridgehead atoms. The van der Waals surface area contributed by atoms with Gasteiger partial charge in [0.1, 0.15) is 0 Å². The van der Waals surface area contributed by atoms with Crippen molar-refractivity contribution in [2.24, 2.45) is 5.92 Å². The van der Waals surface area contributed by atoms with Crippen molar-refractivity contribution in [3.05, 3.63) is 18.2 Å². The third-order valence-corrected chi connectivity index (χ3v) is 2.81. The summed E-state index contributed by atoms with van der Waals surface area (Å²) in [4.78, 5) is 24.3. The number of imide groups is 1. The summed E-state index contributed by atoms with van der Waals surface area (Å²) < 4.78 is 10.9. The van der Waals surface area contributed by atoms with Crippen molar-refractivity contribution in [1.29, 1.82) is 0 Å². The molecule has 0 aliphatic heterocycles. The number of anilines is 1. The molecule has 0 aliphatic rings. The Morgan fingerprint density at radius 3 is 2.23 bits per heavy atom. The number of nitrogens with zero attached hydrogens (tertiary/aromatic N) is 1. The molecule has 1 N–H and O–H groups in total. The van der Waals surface area contributed by atoms with E-state index in [2.05, 4.69) is 0 Å². The van der Waals surface area contributed by atoms with Crippen LogP contribution in [0.4, 0.5) is 10.5 Å². The molecule has 0 aliphatic carbocycles. The van der Waals surface area contributed by atoms with Crippen LogP contribution in [0.2, 0.25) is 0 Å². The Bertz CT molecular complexity index is 527. The van der Waals surface area contributed by atoms with Crippen molar-refractivity contribution in [3.63, 3.8) is 0 Å². The van der Waals surface area contributed by atoms with Crippen LogP contribution in [0.3, 0.4) is 0 Å². The van der Waals surface area contributed by atoms with Crippen molar-refractivity contribution >= 4 is 17.7 Å². The molecule has 1 aromatic rings. The Labute approximate surface area is 130 Å². The zero-order valence-electron chi connectivity index (χ0n) is 13.5. The second-order valence-electron chi connectivity index (χ2n) is 5.11. The number of hydrogen-bond donors (Lipinski definition) is 1. The lowest BCUT2D eigenvalue weighted by molar-refractivity contribution is -0.118. The minimum absolute atomic E-state index is 0.0726. The van der Waals surface area contributed by atoms with Gasteiger partial charge >= 0.3 is 6.09 Å². The quantitative estimate of drug-likeness (QED) is 0.833. The van der Waals surface area contributed by atoms with Gasteiger partial charge < -0.3 is 14.6 Å². The molecule has 0 saturated carbocycles. The number of benzene rings is 1. The zero-order valence-corrected chi connectivity index (χ0v) is 13.5. The van der Waals surface area contributed by atoms with E-state index in [1.807, 2.05) is 27.7 Å². The lowest BCUT2D eigenvalue weighted by Gasteiger charge is -2.20. The van der Waals surface area contributed by atoms with E-state index in [1.54, 1.807) is 12.1 Å². The van der Waals surface area contributed by atoms with Crippen molar-refractivity contribution in [3.8, 4) is 11.5 Å². The highest BCUT2D eigenvalue weighted by Gasteiger charge is 2.24. The molecule has 0 heterocycles. The first-order valence-corrected chi connectivity index (χ1v) is 7.36. The SMILES string of the molecule is CCOc1ccc(N(C(=O)O)C(=O)CC(C)C)cc1OCC. The Hall–Kier alpha value is -2.24. The average molecular weight is 309 g/mol. The molecular formula is C16H23NO5.